The molecular formula is C16H18N4. The van der Waals surface area contributed by atoms with Crippen molar-refractivity contribution in [1.82, 2.24) is 15.2 Å². The molecule has 0 spiro atoms. The third kappa shape index (κ3) is 2.51. The van der Waals surface area contributed by atoms with Gasteiger partial charge in [-0.3, -0.25) is 4.68 Å². The van der Waals surface area contributed by atoms with Gasteiger partial charge in [-0.25, -0.2) is 5.43 Å². The van der Waals surface area contributed by atoms with Gasteiger partial charge in [0.2, 0.25) is 0 Å². The highest BCUT2D eigenvalue weighted by Crippen LogP contribution is 2.18. The summed E-state index contributed by atoms with van der Waals surface area (Å²) in [6.07, 6.45) is 0. The van der Waals surface area contributed by atoms with Crippen molar-refractivity contribution in [3.8, 4) is 0 Å². The van der Waals surface area contributed by atoms with Gasteiger partial charge in [0, 0.05) is 30.4 Å². The Balaban J connectivity index is 1.69. The van der Waals surface area contributed by atoms with Gasteiger partial charge in [0.25, 0.3) is 0 Å². The maximum Gasteiger partial charge on any atom is 0.0929 e. The van der Waals surface area contributed by atoms with Crippen LogP contribution in [-0.2, 0) is 13.6 Å². The number of benzene rings is 2. The summed E-state index contributed by atoms with van der Waals surface area (Å²) < 4.78 is 1.92. The van der Waals surface area contributed by atoms with Crippen molar-refractivity contribution in [3.63, 3.8) is 0 Å². The highest BCUT2D eigenvalue weighted by atomic mass is 15.3. The Morgan fingerprint density at radius 1 is 1.10 bits per heavy atom. The zero-order valence-electron chi connectivity index (χ0n) is 11.7. The standard InChI is InChI=1S/C16H18N4/c1-12-15-9-8-13(10-16(15)19-20(12)2)11-17-18-14-6-4-3-5-7-14/h3-10,17-18H,11H2,1-2H3. The molecule has 3 rings (SSSR count). The largest absolute Gasteiger partial charge is 0.321 e. The molecule has 0 bridgehead atoms. The van der Waals surface area contributed by atoms with Gasteiger partial charge in [0.05, 0.1) is 5.52 Å². The maximum atomic E-state index is 4.51. The summed E-state index contributed by atoms with van der Waals surface area (Å²) >= 11 is 0. The van der Waals surface area contributed by atoms with Crippen molar-refractivity contribution in [2.24, 2.45) is 7.05 Å². The Morgan fingerprint density at radius 3 is 2.70 bits per heavy atom. The second-order valence-electron chi connectivity index (χ2n) is 4.91. The number of hydrogen-bond donors (Lipinski definition) is 2. The topological polar surface area (TPSA) is 41.9 Å². The SMILES string of the molecule is Cc1c2ccc(CNNc3ccccc3)cc2nn1C. The molecule has 2 N–H and O–H groups in total. The van der Waals surface area contributed by atoms with E-state index in [1.165, 1.54) is 16.6 Å². The lowest BCUT2D eigenvalue weighted by Gasteiger charge is -2.08. The van der Waals surface area contributed by atoms with Crippen molar-refractivity contribution in [1.29, 1.82) is 0 Å². The molecule has 0 aliphatic carbocycles. The lowest BCUT2D eigenvalue weighted by Crippen LogP contribution is -2.20. The molecule has 3 aromatic rings. The Morgan fingerprint density at radius 2 is 1.90 bits per heavy atom. The summed E-state index contributed by atoms with van der Waals surface area (Å²) in [7, 11) is 1.98. The number of rotatable bonds is 4. The first-order valence-electron chi connectivity index (χ1n) is 6.70. The van der Waals surface area contributed by atoms with E-state index in [1.54, 1.807) is 0 Å². The number of nitrogens with zero attached hydrogens (tertiary/aromatic N) is 2. The molecule has 0 amide bonds. The van der Waals surface area contributed by atoms with Crippen LogP contribution >= 0.6 is 0 Å². The van der Waals surface area contributed by atoms with Gasteiger partial charge in [-0.05, 0) is 30.7 Å². The molecule has 1 heterocycles. The van der Waals surface area contributed by atoms with Gasteiger partial charge in [0.1, 0.15) is 0 Å². The van der Waals surface area contributed by atoms with Crippen LogP contribution in [0.15, 0.2) is 48.5 Å². The zero-order chi connectivity index (χ0) is 13.9. The lowest BCUT2D eigenvalue weighted by molar-refractivity contribution is 0.750. The molecule has 1 aromatic heterocycles. The van der Waals surface area contributed by atoms with E-state index >= 15 is 0 Å². The summed E-state index contributed by atoms with van der Waals surface area (Å²) in [6.45, 7) is 2.84. The van der Waals surface area contributed by atoms with E-state index < -0.39 is 0 Å². The maximum absolute atomic E-state index is 4.51. The normalized spacial score (nSPS) is 10.9. The highest BCUT2D eigenvalue weighted by molar-refractivity contribution is 5.81. The molecule has 20 heavy (non-hydrogen) atoms. The highest BCUT2D eigenvalue weighted by Gasteiger charge is 2.04. The first-order valence-corrected chi connectivity index (χ1v) is 6.70. The van der Waals surface area contributed by atoms with Crippen LogP contribution in [0.2, 0.25) is 0 Å². The fraction of sp³-hybridized carbons (Fsp3) is 0.188. The number of nitrogens with one attached hydrogen (secondary N) is 2. The van der Waals surface area contributed by atoms with Crippen molar-refractivity contribution in [2.75, 3.05) is 5.43 Å². The summed E-state index contributed by atoms with van der Waals surface area (Å²) in [4.78, 5) is 0. The molecule has 0 fully saturated rings. The number of para-hydroxylation sites is 1. The average molecular weight is 266 g/mol. The van der Waals surface area contributed by atoms with Crippen molar-refractivity contribution in [2.45, 2.75) is 13.5 Å². The molecule has 0 unspecified atom stereocenters. The van der Waals surface area contributed by atoms with Crippen LogP contribution in [-0.4, -0.2) is 9.78 Å². The van der Waals surface area contributed by atoms with Gasteiger partial charge >= 0.3 is 0 Å². The zero-order valence-corrected chi connectivity index (χ0v) is 11.7. The van der Waals surface area contributed by atoms with E-state index in [4.69, 9.17) is 0 Å². The second kappa shape index (κ2) is 5.35. The summed E-state index contributed by atoms with van der Waals surface area (Å²) in [5, 5.41) is 5.72. The number of fused-ring (bicyclic) bond motifs is 1. The average Bonchev–Trinajstić information content (AvgIpc) is 2.75. The number of hydrazine groups is 1. The van der Waals surface area contributed by atoms with Gasteiger partial charge in [-0.1, -0.05) is 30.3 Å². The first kappa shape index (κ1) is 12.7. The van der Waals surface area contributed by atoms with E-state index in [-0.39, 0.29) is 0 Å². The van der Waals surface area contributed by atoms with E-state index in [9.17, 15) is 0 Å². The molecule has 4 heteroatoms. The monoisotopic (exact) mass is 266 g/mol. The quantitative estimate of drug-likeness (QED) is 0.713. The molecule has 0 saturated carbocycles. The molecule has 0 radical (unpaired) electrons. The molecule has 0 aliphatic heterocycles. The van der Waals surface area contributed by atoms with Crippen LogP contribution in [0.1, 0.15) is 11.3 Å². The van der Waals surface area contributed by atoms with Gasteiger partial charge in [0.15, 0.2) is 0 Å². The van der Waals surface area contributed by atoms with E-state index in [0.717, 1.165) is 17.7 Å². The fourth-order valence-corrected chi connectivity index (χ4v) is 2.26. The summed E-state index contributed by atoms with van der Waals surface area (Å²) in [6, 6.07) is 16.5. The third-order valence-electron chi connectivity index (χ3n) is 3.49. The van der Waals surface area contributed by atoms with Gasteiger partial charge in [-0.15, -0.1) is 0 Å². The lowest BCUT2D eigenvalue weighted by atomic mass is 10.1. The van der Waals surface area contributed by atoms with Gasteiger partial charge < -0.3 is 5.43 Å². The van der Waals surface area contributed by atoms with Crippen LogP contribution < -0.4 is 10.9 Å². The molecule has 4 nitrogen and oxygen atoms in total. The molecule has 2 aromatic carbocycles. The summed E-state index contributed by atoms with van der Waals surface area (Å²) in [5.41, 5.74) is 10.9. The minimum atomic E-state index is 0.750. The Bertz CT molecular complexity index is 716. The number of anilines is 1. The van der Waals surface area contributed by atoms with Crippen molar-refractivity contribution >= 4 is 16.6 Å². The number of hydrogen-bond acceptors (Lipinski definition) is 3. The second-order valence-corrected chi connectivity index (χ2v) is 4.91. The first-order chi connectivity index (χ1) is 9.74. The van der Waals surface area contributed by atoms with Crippen LogP contribution in [0.25, 0.3) is 10.9 Å². The molecule has 0 atom stereocenters. The number of aromatic nitrogens is 2. The van der Waals surface area contributed by atoms with E-state index in [1.807, 2.05) is 42.1 Å². The molecule has 0 saturated heterocycles. The van der Waals surface area contributed by atoms with E-state index in [2.05, 4.69) is 41.1 Å². The molecule has 0 aliphatic rings. The predicted molar refractivity (Wildman–Crippen MR) is 82.4 cm³/mol. The Hall–Kier alpha value is -2.33. The summed E-state index contributed by atoms with van der Waals surface area (Å²) in [5.74, 6) is 0. The van der Waals surface area contributed by atoms with Crippen LogP contribution in [0.3, 0.4) is 0 Å². The van der Waals surface area contributed by atoms with Crippen LogP contribution in [0, 0.1) is 6.92 Å². The Kier molecular flexibility index (Phi) is 3.39. The number of aryl methyl sites for hydroxylation is 2. The minimum absolute atomic E-state index is 0.750. The molecule has 102 valence electrons. The van der Waals surface area contributed by atoms with E-state index in [0.29, 0.717) is 0 Å². The predicted octanol–water partition coefficient (Wildman–Crippen LogP) is 3.00. The van der Waals surface area contributed by atoms with Gasteiger partial charge in [-0.2, -0.15) is 5.10 Å². The molecular weight excluding hydrogens is 248 g/mol. The van der Waals surface area contributed by atoms with Crippen molar-refractivity contribution in [3.05, 3.63) is 59.8 Å². The Labute approximate surface area is 118 Å². The fourth-order valence-electron chi connectivity index (χ4n) is 2.26. The van der Waals surface area contributed by atoms with Crippen LogP contribution in [0.4, 0.5) is 5.69 Å². The third-order valence-corrected chi connectivity index (χ3v) is 3.49. The van der Waals surface area contributed by atoms with Crippen molar-refractivity contribution < 1.29 is 0 Å². The minimum Gasteiger partial charge on any atom is -0.321 e. The smallest absolute Gasteiger partial charge is 0.0929 e. The van der Waals surface area contributed by atoms with Crippen LogP contribution in [0.5, 0.6) is 0 Å².